The molecule has 1 aromatic rings. The molecule has 1 aliphatic rings. The van der Waals surface area contributed by atoms with Crippen LogP contribution in [0.5, 0.6) is 0 Å². The molecule has 1 fully saturated rings. The Morgan fingerprint density at radius 2 is 2.00 bits per heavy atom. The maximum atomic E-state index is 13.5. The molecular formula is C17H26FN3O2. The molecule has 1 atom stereocenters. The van der Waals surface area contributed by atoms with Gasteiger partial charge in [0.05, 0.1) is 6.61 Å². The molecule has 0 spiro atoms. The summed E-state index contributed by atoms with van der Waals surface area (Å²) < 4.78 is 18.6. The molecule has 0 radical (unpaired) electrons. The lowest BCUT2D eigenvalue weighted by Crippen LogP contribution is -2.52. The fourth-order valence-electron chi connectivity index (χ4n) is 2.92. The highest BCUT2D eigenvalue weighted by atomic mass is 19.1. The average molecular weight is 323 g/mol. The second-order valence-electron chi connectivity index (χ2n) is 6.08. The maximum absolute atomic E-state index is 13.5. The zero-order valence-corrected chi connectivity index (χ0v) is 14.2. The van der Waals surface area contributed by atoms with E-state index in [0.29, 0.717) is 25.3 Å². The first-order valence-electron chi connectivity index (χ1n) is 7.95. The van der Waals surface area contributed by atoms with Crippen molar-refractivity contribution in [1.29, 1.82) is 0 Å². The predicted octanol–water partition coefficient (Wildman–Crippen LogP) is 1.22. The third kappa shape index (κ3) is 4.73. The molecule has 1 amide bonds. The number of hydrogen-bond acceptors (Lipinski definition) is 4. The minimum absolute atomic E-state index is 0.0343. The predicted molar refractivity (Wildman–Crippen MR) is 87.7 cm³/mol. The largest absolute Gasteiger partial charge is 0.383 e. The van der Waals surface area contributed by atoms with E-state index < -0.39 is 6.04 Å². The van der Waals surface area contributed by atoms with Gasteiger partial charge in [0.25, 0.3) is 0 Å². The summed E-state index contributed by atoms with van der Waals surface area (Å²) in [5.41, 5.74) is 0.696. The first-order valence-corrected chi connectivity index (χ1v) is 7.95. The Labute approximate surface area is 137 Å². The van der Waals surface area contributed by atoms with Gasteiger partial charge in [-0.15, -0.1) is 0 Å². The van der Waals surface area contributed by atoms with Crippen molar-refractivity contribution < 1.29 is 13.9 Å². The minimum atomic E-state index is -0.448. The first kappa shape index (κ1) is 17.8. The van der Waals surface area contributed by atoms with Crippen LogP contribution in [0.15, 0.2) is 24.3 Å². The summed E-state index contributed by atoms with van der Waals surface area (Å²) in [6.45, 7) is 4.68. The number of likely N-dealkylation sites (N-methyl/N-ethyl adjacent to an activating group) is 1. The van der Waals surface area contributed by atoms with Crippen LogP contribution in [0.1, 0.15) is 11.6 Å². The van der Waals surface area contributed by atoms with Gasteiger partial charge in [-0.05, 0) is 31.8 Å². The summed E-state index contributed by atoms with van der Waals surface area (Å²) >= 11 is 0. The van der Waals surface area contributed by atoms with Gasteiger partial charge in [0.15, 0.2) is 0 Å². The van der Waals surface area contributed by atoms with Gasteiger partial charge in [0.2, 0.25) is 5.91 Å². The van der Waals surface area contributed by atoms with Crippen LogP contribution < -0.4 is 0 Å². The molecule has 0 unspecified atom stereocenters. The second kappa shape index (κ2) is 8.38. The normalized spacial score (nSPS) is 17.5. The van der Waals surface area contributed by atoms with Gasteiger partial charge in [0, 0.05) is 39.8 Å². The van der Waals surface area contributed by atoms with Crippen molar-refractivity contribution in [2.75, 3.05) is 60.5 Å². The van der Waals surface area contributed by atoms with E-state index in [9.17, 15) is 9.18 Å². The third-order valence-electron chi connectivity index (χ3n) is 4.21. The number of rotatable bonds is 6. The van der Waals surface area contributed by atoms with Gasteiger partial charge < -0.3 is 9.64 Å². The van der Waals surface area contributed by atoms with E-state index in [2.05, 4.69) is 4.90 Å². The van der Waals surface area contributed by atoms with Crippen LogP contribution in [-0.4, -0.2) is 81.1 Å². The van der Waals surface area contributed by atoms with Crippen molar-refractivity contribution >= 4 is 5.91 Å². The van der Waals surface area contributed by atoms with Gasteiger partial charge >= 0.3 is 0 Å². The summed E-state index contributed by atoms with van der Waals surface area (Å²) in [7, 11) is 5.39. The van der Waals surface area contributed by atoms with Crippen molar-refractivity contribution in [1.82, 2.24) is 14.7 Å². The Bertz CT molecular complexity index is 516. The van der Waals surface area contributed by atoms with Crippen LogP contribution in [-0.2, 0) is 9.53 Å². The van der Waals surface area contributed by atoms with Crippen molar-refractivity contribution in [3.63, 3.8) is 0 Å². The van der Waals surface area contributed by atoms with E-state index in [-0.39, 0.29) is 11.7 Å². The molecule has 0 N–H and O–H groups in total. The van der Waals surface area contributed by atoms with Crippen molar-refractivity contribution in [3.8, 4) is 0 Å². The molecule has 1 saturated heterocycles. The van der Waals surface area contributed by atoms with Crippen LogP contribution in [0.25, 0.3) is 0 Å². The summed E-state index contributed by atoms with van der Waals surface area (Å²) in [4.78, 5) is 18.9. The van der Waals surface area contributed by atoms with Crippen molar-refractivity contribution in [3.05, 3.63) is 35.6 Å². The molecule has 23 heavy (non-hydrogen) atoms. The van der Waals surface area contributed by atoms with Crippen LogP contribution in [0.2, 0.25) is 0 Å². The van der Waals surface area contributed by atoms with Gasteiger partial charge in [-0.1, -0.05) is 12.1 Å². The molecule has 1 heterocycles. The lowest BCUT2D eigenvalue weighted by Gasteiger charge is -2.37. The Balaban J connectivity index is 2.02. The number of benzene rings is 1. The van der Waals surface area contributed by atoms with Gasteiger partial charge in [-0.25, -0.2) is 4.39 Å². The molecular weight excluding hydrogens is 297 g/mol. The lowest BCUT2D eigenvalue weighted by molar-refractivity contribution is -0.138. The van der Waals surface area contributed by atoms with E-state index in [0.717, 1.165) is 19.6 Å². The monoisotopic (exact) mass is 323 g/mol. The molecule has 5 nitrogen and oxygen atoms in total. The quantitative estimate of drug-likeness (QED) is 0.789. The van der Waals surface area contributed by atoms with E-state index in [1.807, 2.05) is 23.9 Å². The molecule has 2 rings (SSSR count). The smallest absolute Gasteiger partial charge is 0.244 e. The SMILES string of the molecule is COCCN1CCN(C(=O)[C@H](c2cccc(F)c2)N(C)C)CC1. The Morgan fingerprint density at radius 1 is 1.30 bits per heavy atom. The van der Waals surface area contributed by atoms with Crippen molar-refractivity contribution in [2.45, 2.75) is 6.04 Å². The minimum Gasteiger partial charge on any atom is -0.383 e. The van der Waals surface area contributed by atoms with Gasteiger partial charge in [-0.2, -0.15) is 0 Å². The number of nitrogens with zero attached hydrogens (tertiary/aromatic N) is 3. The van der Waals surface area contributed by atoms with E-state index >= 15 is 0 Å². The van der Waals surface area contributed by atoms with Gasteiger partial charge in [-0.3, -0.25) is 14.6 Å². The molecule has 0 bridgehead atoms. The number of piperazine rings is 1. The topological polar surface area (TPSA) is 36.0 Å². The number of ether oxygens (including phenoxy) is 1. The molecule has 1 aliphatic heterocycles. The zero-order chi connectivity index (χ0) is 16.8. The highest BCUT2D eigenvalue weighted by molar-refractivity contribution is 5.83. The fraction of sp³-hybridized carbons (Fsp3) is 0.588. The number of halogens is 1. The number of amides is 1. The third-order valence-corrected chi connectivity index (χ3v) is 4.21. The van der Waals surface area contributed by atoms with Crippen LogP contribution in [0, 0.1) is 5.82 Å². The van der Waals surface area contributed by atoms with E-state index in [1.165, 1.54) is 12.1 Å². The standard InChI is InChI=1S/C17H26FN3O2/c1-19(2)16(14-5-4-6-15(18)13-14)17(22)21-9-7-20(8-10-21)11-12-23-3/h4-6,13,16H,7-12H2,1-3H3/t16-/m0/s1. The average Bonchev–Trinajstić information content (AvgIpc) is 2.53. The summed E-state index contributed by atoms with van der Waals surface area (Å²) in [5, 5.41) is 0. The second-order valence-corrected chi connectivity index (χ2v) is 6.08. The lowest BCUT2D eigenvalue weighted by atomic mass is 10.0. The Kier molecular flexibility index (Phi) is 6.50. The highest BCUT2D eigenvalue weighted by Gasteiger charge is 2.30. The maximum Gasteiger partial charge on any atom is 0.244 e. The summed E-state index contributed by atoms with van der Waals surface area (Å²) in [5.74, 6) is -0.279. The molecule has 0 saturated carbocycles. The molecule has 0 aliphatic carbocycles. The van der Waals surface area contributed by atoms with Crippen LogP contribution in [0.4, 0.5) is 4.39 Å². The first-order chi connectivity index (χ1) is 11.0. The van der Waals surface area contributed by atoms with Crippen LogP contribution >= 0.6 is 0 Å². The number of carbonyl (C=O) groups excluding carboxylic acids is 1. The van der Waals surface area contributed by atoms with E-state index in [1.54, 1.807) is 19.2 Å². The fourth-order valence-corrected chi connectivity index (χ4v) is 2.92. The Morgan fingerprint density at radius 3 is 2.57 bits per heavy atom. The number of carbonyl (C=O) groups is 1. The van der Waals surface area contributed by atoms with Gasteiger partial charge in [0.1, 0.15) is 11.9 Å². The zero-order valence-electron chi connectivity index (χ0n) is 14.2. The highest BCUT2D eigenvalue weighted by Crippen LogP contribution is 2.22. The summed E-state index contributed by atoms with van der Waals surface area (Å²) in [6, 6.07) is 5.85. The molecule has 1 aromatic carbocycles. The van der Waals surface area contributed by atoms with Crippen molar-refractivity contribution in [2.24, 2.45) is 0 Å². The molecule has 128 valence electrons. The molecule has 0 aromatic heterocycles. The number of hydrogen-bond donors (Lipinski definition) is 0. The number of methoxy groups -OCH3 is 1. The Hall–Kier alpha value is -1.50. The van der Waals surface area contributed by atoms with E-state index in [4.69, 9.17) is 4.74 Å². The summed E-state index contributed by atoms with van der Waals surface area (Å²) in [6.07, 6.45) is 0. The van der Waals surface area contributed by atoms with Crippen LogP contribution in [0.3, 0.4) is 0 Å². The molecule has 6 heteroatoms.